The van der Waals surface area contributed by atoms with Crippen LogP contribution in [0.5, 0.6) is 11.5 Å². The van der Waals surface area contributed by atoms with Crippen molar-refractivity contribution >= 4 is 17.6 Å². The van der Waals surface area contributed by atoms with Crippen molar-refractivity contribution in [1.29, 1.82) is 0 Å². The molecule has 0 atom stereocenters. The van der Waals surface area contributed by atoms with Gasteiger partial charge in [0.2, 0.25) is 6.79 Å². The molecule has 0 unspecified atom stereocenters. The number of fused-ring (bicyclic) bond motifs is 1. The van der Waals surface area contributed by atoms with E-state index >= 15 is 0 Å². The Morgan fingerprint density at radius 2 is 2.07 bits per heavy atom. The van der Waals surface area contributed by atoms with E-state index in [1.807, 2.05) is 0 Å². The third-order valence-corrected chi connectivity index (χ3v) is 4.39. The van der Waals surface area contributed by atoms with Gasteiger partial charge in [0.05, 0.1) is 10.6 Å². The molecule has 2 aromatic carbocycles. The lowest BCUT2D eigenvalue weighted by Gasteiger charge is -2.07. The number of benzene rings is 2. The second-order valence-corrected chi connectivity index (χ2v) is 6.23. The minimum atomic E-state index is -0.694. The number of ether oxygens (including phenoxy) is 3. The number of carbonyl (C=O) groups is 1. The molecule has 0 saturated carbocycles. The number of halogens is 2. The highest BCUT2D eigenvalue weighted by Crippen LogP contribution is 2.35. The van der Waals surface area contributed by atoms with Crippen LogP contribution in [0.25, 0.3) is 11.3 Å². The summed E-state index contributed by atoms with van der Waals surface area (Å²) < 4.78 is 35.2. The minimum absolute atomic E-state index is 0.00582. The van der Waals surface area contributed by atoms with E-state index in [1.165, 1.54) is 18.2 Å². The predicted molar refractivity (Wildman–Crippen MR) is 93.3 cm³/mol. The van der Waals surface area contributed by atoms with Crippen molar-refractivity contribution in [2.45, 2.75) is 13.5 Å². The Bertz CT molecular complexity index is 1010. The van der Waals surface area contributed by atoms with Crippen LogP contribution >= 0.6 is 11.6 Å². The van der Waals surface area contributed by atoms with Crippen molar-refractivity contribution in [2.24, 2.45) is 0 Å². The molecule has 1 aliphatic rings. The van der Waals surface area contributed by atoms with Crippen LogP contribution in [-0.2, 0) is 11.3 Å². The molecule has 138 valence electrons. The lowest BCUT2D eigenvalue weighted by atomic mass is 10.1. The third-order valence-electron chi connectivity index (χ3n) is 4.07. The standard InChI is InChI=1S/C19H13ClFNO5/c1-10-16(18(22-27-10)17-12(20)3-2-4-13(17)21)19(23)24-8-11-5-6-14-15(7-11)26-9-25-14/h2-7H,8-9H2,1H3. The summed E-state index contributed by atoms with van der Waals surface area (Å²) >= 11 is 6.08. The quantitative estimate of drug-likeness (QED) is 0.610. The number of aromatic nitrogens is 1. The molecule has 0 fully saturated rings. The van der Waals surface area contributed by atoms with Crippen molar-refractivity contribution in [3.63, 3.8) is 0 Å². The number of aryl methyl sites for hydroxylation is 1. The maximum absolute atomic E-state index is 14.2. The van der Waals surface area contributed by atoms with Gasteiger partial charge in [0.1, 0.15) is 29.4 Å². The van der Waals surface area contributed by atoms with Crippen LogP contribution in [0.4, 0.5) is 4.39 Å². The first kappa shape index (κ1) is 17.4. The van der Waals surface area contributed by atoms with Gasteiger partial charge in [0.15, 0.2) is 11.5 Å². The highest BCUT2D eigenvalue weighted by molar-refractivity contribution is 6.33. The Kier molecular flexibility index (Phi) is 4.45. The van der Waals surface area contributed by atoms with E-state index in [0.29, 0.717) is 17.1 Å². The van der Waals surface area contributed by atoms with Gasteiger partial charge >= 0.3 is 5.97 Å². The first-order valence-corrected chi connectivity index (χ1v) is 8.38. The molecular formula is C19H13ClFNO5. The Balaban J connectivity index is 1.59. The average Bonchev–Trinajstić information content (AvgIpc) is 3.26. The molecule has 0 amide bonds. The number of carbonyl (C=O) groups excluding carboxylic acids is 1. The average molecular weight is 390 g/mol. The summed E-state index contributed by atoms with van der Waals surface area (Å²) in [6.45, 7) is 1.69. The van der Waals surface area contributed by atoms with Gasteiger partial charge in [-0.25, -0.2) is 9.18 Å². The van der Waals surface area contributed by atoms with Gasteiger partial charge in [0, 0.05) is 0 Å². The normalized spacial score (nSPS) is 12.3. The summed E-state index contributed by atoms with van der Waals surface area (Å²) in [6, 6.07) is 9.42. The lowest BCUT2D eigenvalue weighted by Crippen LogP contribution is -2.08. The predicted octanol–water partition coefficient (Wildman–Crippen LogP) is 4.53. The van der Waals surface area contributed by atoms with Crippen molar-refractivity contribution in [2.75, 3.05) is 6.79 Å². The van der Waals surface area contributed by atoms with Gasteiger partial charge < -0.3 is 18.7 Å². The van der Waals surface area contributed by atoms with Gasteiger partial charge in [-0.05, 0) is 36.8 Å². The van der Waals surface area contributed by atoms with E-state index in [1.54, 1.807) is 25.1 Å². The van der Waals surface area contributed by atoms with Gasteiger partial charge in [-0.1, -0.05) is 28.9 Å². The third kappa shape index (κ3) is 3.21. The van der Waals surface area contributed by atoms with E-state index < -0.39 is 11.8 Å². The molecule has 2 heterocycles. The Morgan fingerprint density at radius 1 is 1.26 bits per heavy atom. The fourth-order valence-corrected chi connectivity index (χ4v) is 3.01. The second kappa shape index (κ2) is 6.92. The van der Waals surface area contributed by atoms with E-state index in [9.17, 15) is 9.18 Å². The van der Waals surface area contributed by atoms with Crippen LogP contribution in [0.2, 0.25) is 5.02 Å². The molecule has 3 aromatic rings. The summed E-state index contributed by atoms with van der Waals surface area (Å²) in [6.07, 6.45) is 0. The van der Waals surface area contributed by atoms with Crippen LogP contribution in [-0.4, -0.2) is 17.9 Å². The van der Waals surface area contributed by atoms with Gasteiger partial charge in [0.25, 0.3) is 0 Å². The molecule has 1 aliphatic heterocycles. The molecule has 0 bridgehead atoms. The maximum atomic E-state index is 14.2. The molecule has 0 radical (unpaired) electrons. The zero-order chi connectivity index (χ0) is 19.0. The number of hydrogen-bond donors (Lipinski definition) is 0. The Labute approximate surface area is 158 Å². The fourth-order valence-electron chi connectivity index (χ4n) is 2.76. The van der Waals surface area contributed by atoms with E-state index in [2.05, 4.69) is 5.16 Å². The topological polar surface area (TPSA) is 70.8 Å². The first-order valence-electron chi connectivity index (χ1n) is 8.01. The Hall–Kier alpha value is -3.06. The van der Waals surface area contributed by atoms with Crippen molar-refractivity contribution < 1.29 is 27.9 Å². The molecular weight excluding hydrogens is 377 g/mol. The first-order chi connectivity index (χ1) is 13.0. The highest BCUT2D eigenvalue weighted by Gasteiger charge is 2.26. The van der Waals surface area contributed by atoms with Crippen LogP contribution in [0.15, 0.2) is 40.9 Å². The number of esters is 1. The van der Waals surface area contributed by atoms with E-state index in [4.69, 9.17) is 30.3 Å². The summed E-state index contributed by atoms with van der Waals surface area (Å²) in [5, 5.41) is 3.91. The maximum Gasteiger partial charge on any atom is 0.344 e. The molecule has 0 aliphatic carbocycles. The summed E-state index contributed by atoms with van der Waals surface area (Å²) in [7, 11) is 0. The van der Waals surface area contributed by atoms with E-state index in [-0.39, 0.29) is 41.0 Å². The zero-order valence-corrected chi connectivity index (χ0v) is 14.9. The van der Waals surface area contributed by atoms with E-state index in [0.717, 1.165) is 0 Å². The van der Waals surface area contributed by atoms with Crippen LogP contribution in [0, 0.1) is 12.7 Å². The molecule has 27 heavy (non-hydrogen) atoms. The summed E-state index contributed by atoms with van der Waals surface area (Å²) in [5.74, 6) is 0.126. The van der Waals surface area contributed by atoms with Crippen LogP contribution in [0.1, 0.15) is 21.7 Å². The fraction of sp³-hybridized carbons (Fsp3) is 0.158. The van der Waals surface area contributed by atoms with Crippen molar-refractivity contribution in [1.82, 2.24) is 5.16 Å². The monoisotopic (exact) mass is 389 g/mol. The molecule has 0 spiro atoms. The largest absolute Gasteiger partial charge is 0.457 e. The van der Waals surface area contributed by atoms with Crippen molar-refractivity contribution in [3.8, 4) is 22.8 Å². The molecule has 6 nitrogen and oxygen atoms in total. The SMILES string of the molecule is Cc1onc(-c2c(F)cccc2Cl)c1C(=O)OCc1ccc2c(c1)OCO2. The van der Waals surface area contributed by atoms with Gasteiger partial charge in [-0.15, -0.1) is 0 Å². The van der Waals surface area contributed by atoms with Crippen molar-refractivity contribution in [3.05, 3.63) is 64.1 Å². The molecule has 8 heteroatoms. The summed E-state index contributed by atoms with van der Waals surface area (Å²) in [4.78, 5) is 12.6. The van der Waals surface area contributed by atoms with Crippen LogP contribution < -0.4 is 9.47 Å². The molecule has 1 aromatic heterocycles. The molecule has 0 saturated heterocycles. The number of rotatable bonds is 4. The second-order valence-electron chi connectivity index (χ2n) is 5.82. The number of nitrogens with zero attached hydrogens (tertiary/aromatic N) is 1. The van der Waals surface area contributed by atoms with Crippen LogP contribution in [0.3, 0.4) is 0 Å². The zero-order valence-electron chi connectivity index (χ0n) is 14.1. The Morgan fingerprint density at radius 3 is 2.89 bits per heavy atom. The number of hydrogen-bond acceptors (Lipinski definition) is 6. The molecule has 0 N–H and O–H groups in total. The van der Waals surface area contributed by atoms with Gasteiger partial charge in [-0.2, -0.15) is 0 Å². The smallest absolute Gasteiger partial charge is 0.344 e. The lowest BCUT2D eigenvalue weighted by molar-refractivity contribution is 0.0471. The van der Waals surface area contributed by atoms with Gasteiger partial charge in [-0.3, -0.25) is 0 Å². The highest BCUT2D eigenvalue weighted by atomic mass is 35.5. The molecule has 4 rings (SSSR count). The summed E-state index contributed by atoms with van der Waals surface area (Å²) in [5.41, 5.74) is 0.743. The minimum Gasteiger partial charge on any atom is -0.457 e.